The summed E-state index contributed by atoms with van der Waals surface area (Å²) < 4.78 is 7.57. The summed E-state index contributed by atoms with van der Waals surface area (Å²) >= 11 is 1.88. The third-order valence-electron chi connectivity index (χ3n) is 11.0. The normalized spacial score (nSPS) is 12.2. The maximum absolute atomic E-state index is 2.51. The lowest BCUT2D eigenvalue weighted by Gasteiger charge is -2.27. The Hall–Kier alpha value is -6.62. The molecule has 0 bridgehead atoms. The van der Waals surface area contributed by atoms with Crippen molar-refractivity contribution in [3.63, 3.8) is 0 Å². The van der Waals surface area contributed by atoms with Crippen molar-refractivity contribution in [3.05, 3.63) is 176 Å². The summed E-state index contributed by atoms with van der Waals surface area (Å²) in [6, 6.07) is 64.6. The van der Waals surface area contributed by atoms with Crippen molar-refractivity contribution >= 4 is 103 Å². The molecule has 52 heavy (non-hydrogen) atoms. The summed E-state index contributed by atoms with van der Waals surface area (Å²) in [4.78, 5) is 2.50. The van der Waals surface area contributed by atoms with E-state index in [0.717, 1.165) is 11.4 Å². The van der Waals surface area contributed by atoms with Crippen LogP contribution in [-0.2, 0) is 0 Å². The largest absolute Gasteiger partial charge is 0.307 e. The molecule has 0 unspecified atom stereocenters. The molecule has 0 radical (unpaired) electrons. The molecule has 0 aliphatic carbocycles. The van der Waals surface area contributed by atoms with E-state index in [0.29, 0.717) is 0 Å². The number of hydrogen-bond acceptors (Lipinski definition) is 2. The first kappa shape index (κ1) is 28.1. The van der Waals surface area contributed by atoms with E-state index in [1.54, 1.807) is 0 Å². The van der Waals surface area contributed by atoms with Gasteiger partial charge in [-0.1, -0.05) is 127 Å². The van der Waals surface area contributed by atoms with Crippen LogP contribution >= 0.6 is 11.3 Å². The summed E-state index contributed by atoms with van der Waals surface area (Å²) in [6.07, 6.45) is 0. The van der Waals surface area contributed by atoms with Crippen molar-refractivity contribution in [2.75, 3.05) is 4.90 Å². The van der Waals surface area contributed by atoms with Gasteiger partial charge >= 0.3 is 0 Å². The van der Waals surface area contributed by atoms with Crippen LogP contribution in [0.15, 0.2) is 176 Å². The molecule has 0 spiro atoms. The highest BCUT2D eigenvalue weighted by molar-refractivity contribution is 7.26. The summed E-state index contributed by atoms with van der Waals surface area (Å²) in [5.41, 5.74) is 12.0. The zero-order valence-corrected chi connectivity index (χ0v) is 28.8. The third-order valence-corrected chi connectivity index (χ3v) is 12.2. The molecule has 0 saturated heterocycles. The lowest BCUT2D eigenvalue weighted by Crippen LogP contribution is -2.11. The second kappa shape index (κ2) is 10.5. The van der Waals surface area contributed by atoms with E-state index in [4.69, 9.17) is 0 Å². The van der Waals surface area contributed by atoms with Crippen molar-refractivity contribution in [2.45, 2.75) is 0 Å². The molecule has 0 aliphatic heterocycles. The summed E-state index contributed by atoms with van der Waals surface area (Å²) in [5, 5.41) is 8.99. The van der Waals surface area contributed by atoms with Crippen molar-refractivity contribution < 1.29 is 0 Å². The second-order valence-corrected chi connectivity index (χ2v) is 14.8. The third kappa shape index (κ3) is 3.69. The van der Waals surface area contributed by atoms with Gasteiger partial charge in [-0.15, -0.1) is 11.3 Å². The molecule has 8 aromatic carbocycles. The van der Waals surface area contributed by atoms with E-state index in [1.165, 1.54) is 91.6 Å². The highest BCUT2D eigenvalue weighted by Crippen LogP contribution is 2.49. The van der Waals surface area contributed by atoms with Crippen LogP contribution < -0.4 is 4.90 Å². The molecule has 0 amide bonds. The maximum Gasteiger partial charge on any atom is 0.131 e. The molecule has 0 aliphatic rings. The second-order valence-electron chi connectivity index (χ2n) is 13.7. The molecular weight excluding hydrogens is 651 g/mol. The Morgan fingerprint density at radius 3 is 1.85 bits per heavy atom. The fraction of sp³-hybridized carbons (Fsp3) is 0. The lowest BCUT2D eigenvalue weighted by molar-refractivity contribution is 1.27. The monoisotopic (exact) mass is 679 g/mol. The average molecular weight is 680 g/mol. The van der Waals surface area contributed by atoms with Gasteiger partial charge in [0.15, 0.2) is 0 Å². The van der Waals surface area contributed by atoms with Crippen molar-refractivity contribution in [1.82, 2.24) is 8.80 Å². The van der Waals surface area contributed by atoms with Crippen molar-refractivity contribution in [3.8, 4) is 11.1 Å². The van der Waals surface area contributed by atoms with Gasteiger partial charge in [0.05, 0.1) is 38.1 Å². The van der Waals surface area contributed by atoms with Crippen molar-refractivity contribution in [1.29, 1.82) is 0 Å². The molecule has 0 saturated carbocycles. The number of benzene rings is 8. The summed E-state index contributed by atoms with van der Waals surface area (Å²) in [6.45, 7) is 0. The Morgan fingerprint density at radius 2 is 1.02 bits per heavy atom. The molecule has 4 heteroatoms. The standard InChI is InChI=1S/C48H29N3S/c1-2-14-33-30(12-1)13-9-18-34(33)31-26-28-32(29-27-31)49(43-24-10-19-36-35-15-5-8-25-44(35)52-47(36)43)41-22-11-23-42-46(41)51-40-21-7-4-17-38(40)45-37-16-3-6-20-39(37)50(42)48(45)51/h1-29H. The van der Waals surface area contributed by atoms with Gasteiger partial charge in [0.1, 0.15) is 5.65 Å². The van der Waals surface area contributed by atoms with Gasteiger partial charge in [-0.2, -0.15) is 0 Å². The van der Waals surface area contributed by atoms with E-state index in [2.05, 4.69) is 190 Å². The first-order valence-electron chi connectivity index (χ1n) is 17.8. The van der Waals surface area contributed by atoms with Gasteiger partial charge in [0.25, 0.3) is 0 Å². The van der Waals surface area contributed by atoms with Gasteiger partial charge in [0.2, 0.25) is 0 Å². The van der Waals surface area contributed by atoms with Crippen LogP contribution in [0.25, 0.3) is 85.9 Å². The highest BCUT2D eigenvalue weighted by Gasteiger charge is 2.27. The van der Waals surface area contributed by atoms with E-state index < -0.39 is 0 Å². The van der Waals surface area contributed by atoms with Crippen LogP contribution in [0, 0.1) is 0 Å². The van der Waals surface area contributed by atoms with Gasteiger partial charge in [-0.3, -0.25) is 8.80 Å². The number of aromatic nitrogens is 2. The number of anilines is 3. The number of nitrogens with zero attached hydrogens (tertiary/aromatic N) is 3. The van der Waals surface area contributed by atoms with Crippen LogP contribution in [0.2, 0.25) is 0 Å². The van der Waals surface area contributed by atoms with Crippen LogP contribution in [0.4, 0.5) is 17.1 Å². The maximum atomic E-state index is 2.51. The SMILES string of the molecule is c1ccc2c(-c3ccc(N(c4cccc5c4sc4ccccc45)c4cccc5c4n4c6ccccc6c6c7ccccc7n5c64)cc3)cccc2c1. The van der Waals surface area contributed by atoms with Gasteiger partial charge in [0, 0.05) is 37.3 Å². The van der Waals surface area contributed by atoms with Crippen LogP contribution in [0.3, 0.4) is 0 Å². The zero-order valence-electron chi connectivity index (χ0n) is 28.0. The fourth-order valence-corrected chi connectivity index (χ4v) is 10.1. The van der Waals surface area contributed by atoms with Crippen molar-refractivity contribution in [2.24, 2.45) is 0 Å². The number of fused-ring (bicyclic) bond motifs is 13. The lowest BCUT2D eigenvalue weighted by atomic mass is 9.98. The zero-order chi connectivity index (χ0) is 33.9. The number of rotatable bonds is 4. The molecule has 12 aromatic rings. The molecule has 12 rings (SSSR count). The predicted molar refractivity (Wildman–Crippen MR) is 223 cm³/mol. The van der Waals surface area contributed by atoms with Gasteiger partial charge < -0.3 is 4.90 Å². The topological polar surface area (TPSA) is 12.1 Å². The minimum atomic E-state index is 1.12. The Bertz CT molecular complexity index is 3350. The highest BCUT2D eigenvalue weighted by atomic mass is 32.1. The van der Waals surface area contributed by atoms with E-state index in [9.17, 15) is 0 Å². The Kier molecular flexibility index (Phi) is 5.65. The predicted octanol–water partition coefficient (Wildman–Crippen LogP) is 13.7. The smallest absolute Gasteiger partial charge is 0.131 e. The molecule has 0 fully saturated rings. The number of thiophene rings is 1. The van der Waals surface area contributed by atoms with E-state index in [-0.39, 0.29) is 0 Å². The Balaban J connectivity index is 1.19. The van der Waals surface area contributed by atoms with Gasteiger partial charge in [-0.25, -0.2) is 0 Å². The molecule has 0 atom stereocenters. The van der Waals surface area contributed by atoms with E-state index >= 15 is 0 Å². The first-order chi connectivity index (χ1) is 25.8. The van der Waals surface area contributed by atoms with Gasteiger partial charge in [-0.05, 0) is 70.4 Å². The molecule has 0 N–H and O–H groups in total. The Labute approximate surface area is 302 Å². The first-order valence-corrected chi connectivity index (χ1v) is 18.6. The number of para-hydroxylation sites is 3. The fourth-order valence-electron chi connectivity index (χ4n) is 8.86. The van der Waals surface area contributed by atoms with Crippen LogP contribution in [0.5, 0.6) is 0 Å². The van der Waals surface area contributed by atoms with Crippen LogP contribution in [-0.4, -0.2) is 8.80 Å². The minimum Gasteiger partial charge on any atom is -0.307 e. The van der Waals surface area contributed by atoms with Crippen LogP contribution in [0.1, 0.15) is 0 Å². The molecule has 4 aromatic heterocycles. The summed E-state index contributed by atoms with van der Waals surface area (Å²) in [5.74, 6) is 0. The number of imidazole rings is 1. The summed E-state index contributed by atoms with van der Waals surface area (Å²) in [7, 11) is 0. The molecule has 242 valence electrons. The molecule has 3 nitrogen and oxygen atoms in total. The minimum absolute atomic E-state index is 1.12. The molecule has 4 heterocycles. The van der Waals surface area contributed by atoms with E-state index in [1.807, 2.05) is 11.3 Å². The molecular formula is C48H29N3S. The quantitative estimate of drug-likeness (QED) is 0.180. The Morgan fingerprint density at radius 1 is 0.423 bits per heavy atom. The number of hydrogen-bond donors (Lipinski definition) is 0. The average Bonchev–Trinajstić information content (AvgIpc) is 3.94.